The van der Waals surface area contributed by atoms with Crippen molar-refractivity contribution in [3.63, 3.8) is 0 Å². The molecule has 0 fully saturated rings. The fraction of sp³-hybridized carbons (Fsp3) is 0.213. The lowest BCUT2D eigenvalue weighted by Crippen LogP contribution is -2.10. The molecule has 0 N–H and O–H groups in total. The highest BCUT2D eigenvalue weighted by atomic mass is 16.3. The molecule has 0 spiro atoms. The van der Waals surface area contributed by atoms with Gasteiger partial charge < -0.3 is 4.42 Å². The van der Waals surface area contributed by atoms with Crippen LogP contribution in [0.5, 0.6) is 0 Å². The summed E-state index contributed by atoms with van der Waals surface area (Å²) in [6.45, 7) is 15.9. The summed E-state index contributed by atoms with van der Waals surface area (Å²) in [5.74, 6) is 1.45. The van der Waals surface area contributed by atoms with E-state index in [1.807, 2.05) is 0 Å². The van der Waals surface area contributed by atoms with Crippen LogP contribution in [0.25, 0.3) is 72.3 Å². The van der Waals surface area contributed by atoms with Gasteiger partial charge in [-0.05, 0) is 92.6 Å². The van der Waals surface area contributed by atoms with Crippen molar-refractivity contribution in [2.75, 3.05) is 0 Å². The Labute approximate surface area is 295 Å². The zero-order valence-electron chi connectivity index (χ0n) is 30.1. The van der Waals surface area contributed by atoms with Gasteiger partial charge in [-0.3, -0.25) is 4.57 Å². The third kappa shape index (κ3) is 5.42. The Kier molecular flexibility index (Phi) is 7.75. The second kappa shape index (κ2) is 12.2. The minimum atomic E-state index is 0.0283. The molecule has 0 aliphatic rings. The van der Waals surface area contributed by atoms with E-state index >= 15 is 0 Å². The van der Waals surface area contributed by atoms with Gasteiger partial charge in [-0.2, -0.15) is 0 Å². The van der Waals surface area contributed by atoms with Crippen molar-refractivity contribution in [2.24, 2.45) is 0 Å². The molecule has 3 heteroatoms. The second-order valence-electron chi connectivity index (χ2n) is 15.3. The van der Waals surface area contributed by atoms with Crippen molar-refractivity contribution in [2.45, 2.75) is 65.7 Å². The van der Waals surface area contributed by atoms with Gasteiger partial charge in [-0.15, -0.1) is 0 Å². The predicted molar refractivity (Wildman–Crippen MR) is 212 cm³/mol. The molecule has 3 nitrogen and oxygen atoms in total. The highest BCUT2D eigenvalue weighted by molar-refractivity contribution is 6.09. The number of fused-ring (bicyclic) bond motifs is 4. The summed E-state index contributed by atoms with van der Waals surface area (Å²) >= 11 is 0. The molecule has 0 saturated heterocycles. The molecular weight excluding hydrogens is 609 g/mol. The van der Waals surface area contributed by atoms with E-state index < -0.39 is 0 Å². The Morgan fingerprint density at radius 1 is 0.580 bits per heavy atom. The number of rotatable bonds is 6. The van der Waals surface area contributed by atoms with Crippen LogP contribution in [0.3, 0.4) is 0 Å². The number of imidazole rings is 1. The van der Waals surface area contributed by atoms with E-state index in [0.29, 0.717) is 0 Å². The molecule has 6 aromatic carbocycles. The van der Waals surface area contributed by atoms with E-state index in [4.69, 9.17) is 9.40 Å². The van der Waals surface area contributed by atoms with Gasteiger partial charge in [0.2, 0.25) is 0 Å². The minimum absolute atomic E-state index is 0.0283. The van der Waals surface area contributed by atoms with E-state index in [-0.39, 0.29) is 17.3 Å². The van der Waals surface area contributed by atoms with Crippen molar-refractivity contribution in [1.29, 1.82) is 0 Å². The Bertz CT molecular complexity index is 2480. The van der Waals surface area contributed by atoms with E-state index in [2.05, 4.69) is 180 Å². The normalized spacial score (nSPS) is 12.3. The SMILES string of the molecule is CC(C)c1cc(-c2ccc(-c3ccccc3)cc2)cc(C(C)C)c1-n1c(-c2cccc3c2oc2cc(C(C)(C)C)ccc23)nc2ccccc21. The lowest BCUT2D eigenvalue weighted by molar-refractivity contribution is 0.587. The third-order valence-electron chi connectivity index (χ3n) is 10.1. The standard InChI is InChI=1S/C47H44N2O/c1-29(2)39-26-34(33-22-20-32(21-23-33)31-14-9-8-10-15-31)27-40(30(3)4)44(39)49-42-19-12-11-18-41(42)48-46(49)38-17-13-16-37-36-25-24-35(47(5,6)7)28-43(36)50-45(37)38/h8-30H,1-7H3. The van der Waals surface area contributed by atoms with Crippen LogP contribution < -0.4 is 0 Å². The van der Waals surface area contributed by atoms with Gasteiger partial charge in [0.25, 0.3) is 0 Å². The molecule has 2 aromatic heterocycles. The summed E-state index contributed by atoms with van der Waals surface area (Å²) in [4.78, 5) is 5.36. The molecule has 50 heavy (non-hydrogen) atoms. The zero-order chi connectivity index (χ0) is 34.7. The number of nitrogens with zero attached hydrogens (tertiary/aromatic N) is 2. The number of hydrogen-bond donors (Lipinski definition) is 0. The molecule has 0 aliphatic carbocycles. The van der Waals surface area contributed by atoms with Gasteiger partial charge in [0.05, 0.1) is 22.3 Å². The number of para-hydroxylation sites is 3. The van der Waals surface area contributed by atoms with Crippen LogP contribution in [0, 0.1) is 0 Å². The maximum atomic E-state index is 6.78. The van der Waals surface area contributed by atoms with Crippen LogP contribution in [0.2, 0.25) is 0 Å². The molecule has 0 bridgehead atoms. The molecule has 0 saturated carbocycles. The minimum Gasteiger partial charge on any atom is -0.455 e. The lowest BCUT2D eigenvalue weighted by Gasteiger charge is -2.24. The van der Waals surface area contributed by atoms with E-state index in [1.54, 1.807) is 0 Å². The van der Waals surface area contributed by atoms with Crippen LogP contribution in [0.15, 0.2) is 132 Å². The van der Waals surface area contributed by atoms with Gasteiger partial charge >= 0.3 is 0 Å². The van der Waals surface area contributed by atoms with Crippen molar-refractivity contribution in [3.05, 3.63) is 144 Å². The van der Waals surface area contributed by atoms with Crippen LogP contribution >= 0.6 is 0 Å². The zero-order valence-corrected chi connectivity index (χ0v) is 30.1. The Balaban J connectivity index is 1.36. The van der Waals surface area contributed by atoms with Crippen molar-refractivity contribution >= 4 is 33.0 Å². The monoisotopic (exact) mass is 652 g/mol. The molecular formula is C47H44N2O. The first-order chi connectivity index (χ1) is 24.1. The van der Waals surface area contributed by atoms with Crippen molar-refractivity contribution in [3.8, 4) is 39.3 Å². The smallest absolute Gasteiger partial charge is 0.149 e. The maximum Gasteiger partial charge on any atom is 0.149 e. The summed E-state index contributed by atoms with van der Waals surface area (Å²) < 4.78 is 9.19. The number of furan rings is 1. The van der Waals surface area contributed by atoms with Gasteiger partial charge in [0, 0.05) is 10.8 Å². The molecule has 0 radical (unpaired) electrons. The summed E-state index contributed by atoms with van der Waals surface area (Å²) in [6.07, 6.45) is 0. The summed E-state index contributed by atoms with van der Waals surface area (Å²) in [6, 6.07) is 46.0. The van der Waals surface area contributed by atoms with Crippen LogP contribution in [0.4, 0.5) is 0 Å². The van der Waals surface area contributed by atoms with Crippen LogP contribution in [-0.2, 0) is 5.41 Å². The molecule has 8 rings (SSSR count). The average Bonchev–Trinajstić information content (AvgIpc) is 3.69. The first-order valence-corrected chi connectivity index (χ1v) is 17.9. The van der Waals surface area contributed by atoms with Crippen molar-refractivity contribution in [1.82, 2.24) is 9.55 Å². The summed E-state index contributed by atoms with van der Waals surface area (Å²) in [7, 11) is 0. The van der Waals surface area contributed by atoms with Crippen LogP contribution in [0.1, 0.15) is 77.0 Å². The average molecular weight is 653 g/mol. The fourth-order valence-electron chi connectivity index (χ4n) is 7.34. The van der Waals surface area contributed by atoms with E-state index in [1.165, 1.54) is 44.6 Å². The van der Waals surface area contributed by atoms with Crippen LogP contribution in [-0.4, -0.2) is 9.55 Å². The van der Waals surface area contributed by atoms with Gasteiger partial charge in [0.15, 0.2) is 0 Å². The van der Waals surface area contributed by atoms with Gasteiger partial charge in [0.1, 0.15) is 17.0 Å². The van der Waals surface area contributed by atoms with E-state index in [0.717, 1.165) is 44.4 Å². The lowest BCUT2D eigenvalue weighted by atomic mass is 9.86. The third-order valence-corrected chi connectivity index (χ3v) is 10.1. The molecule has 8 aromatic rings. The molecule has 2 heterocycles. The maximum absolute atomic E-state index is 6.78. The molecule has 0 aliphatic heterocycles. The Morgan fingerprint density at radius 2 is 1.20 bits per heavy atom. The predicted octanol–water partition coefficient (Wildman–Crippen LogP) is 13.5. The number of aromatic nitrogens is 2. The number of benzene rings is 6. The molecule has 0 unspecified atom stereocenters. The molecule has 0 atom stereocenters. The van der Waals surface area contributed by atoms with E-state index in [9.17, 15) is 0 Å². The van der Waals surface area contributed by atoms with Crippen molar-refractivity contribution < 1.29 is 4.42 Å². The Hall–Kier alpha value is -5.41. The van der Waals surface area contributed by atoms with Gasteiger partial charge in [-0.1, -0.05) is 139 Å². The molecule has 248 valence electrons. The van der Waals surface area contributed by atoms with Gasteiger partial charge in [-0.25, -0.2) is 4.98 Å². The quantitative estimate of drug-likeness (QED) is 0.179. The summed E-state index contributed by atoms with van der Waals surface area (Å²) in [5, 5.41) is 2.24. The first kappa shape index (κ1) is 31.8. The highest BCUT2D eigenvalue weighted by Gasteiger charge is 2.26. The number of hydrogen-bond acceptors (Lipinski definition) is 2. The Morgan fingerprint density at radius 3 is 1.86 bits per heavy atom. The summed E-state index contributed by atoms with van der Waals surface area (Å²) in [5.41, 5.74) is 14.9. The molecule has 0 amide bonds. The second-order valence-corrected chi connectivity index (χ2v) is 15.3. The highest BCUT2D eigenvalue weighted by Crippen LogP contribution is 2.43. The first-order valence-electron chi connectivity index (χ1n) is 17.9. The topological polar surface area (TPSA) is 31.0 Å². The fourth-order valence-corrected chi connectivity index (χ4v) is 7.34. The largest absolute Gasteiger partial charge is 0.455 e.